The molecule has 34 heavy (non-hydrogen) atoms. The second-order valence-corrected chi connectivity index (χ2v) is 9.50. The third kappa shape index (κ3) is 4.97. The average Bonchev–Trinajstić information content (AvgIpc) is 3.37. The topological polar surface area (TPSA) is 89.4 Å². The molecule has 1 fully saturated rings. The molecular weight excluding hydrogens is 485 g/mol. The first kappa shape index (κ1) is 23.9. The number of aryl methyl sites for hydroxylation is 1. The van der Waals surface area contributed by atoms with Gasteiger partial charge in [-0.2, -0.15) is 4.31 Å². The lowest BCUT2D eigenvalue weighted by Crippen LogP contribution is -2.32. The van der Waals surface area contributed by atoms with Gasteiger partial charge >= 0.3 is 6.36 Å². The van der Waals surface area contributed by atoms with Crippen LogP contribution in [0.1, 0.15) is 11.6 Å². The van der Waals surface area contributed by atoms with E-state index in [2.05, 4.69) is 20.0 Å². The molecule has 4 rings (SSSR count). The molecule has 0 spiro atoms. The maximum absolute atomic E-state index is 14.5. The number of halogens is 5. The number of hydrogen-bond acceptors (Lipinski definition) is 6. The molecule has 1 aromatic carbocycles. The number of rotatable bonds is 6. The fraction of sp³-hybridized carbons (Fsp3) is 0.300. The Hall–Kier alpha value is -3.26. The van der Waals surface area contributed by atoms with Gasteiger partial charge in [0.15, 0.2) is 16.6 Å². The Bertz CT molecular complexity index is 1300. The summed E-state index contributed by atoms with van der Waals surface area (Å²) in [7, 11) is -2.46. The van der Waals surface area contributed by atoms with Crippen LogP contribution in [0.4, 0.5) is 27.6 Å². The number of pyridine rings is 1. The Balaban J connectivity index is 1.66. The van der Waals surface area contributed by atoms with Crippen LogP contribution in [0.3, 0.4) is 0 Å². The number of nitrogens with one attached hydrogen (secondary N) is 1. The fourth-order valence-corrected chi connectivity index (χ4v) is 5.18. The zero-order valence-electron chi connectivity index (χ0n) is 17.5. The van der Waals surface area contributed by atoms with Gasteiger partial charge in [-0.1, -0.05) is 0 Å². The molecule has 3 aromatic rings. The summed E-state index contributed by atoms with van der Waals surface area (Å²) in [6, 6.07) is 4.47. The Labute approximate surface area is 191 Å². The number of anilines is 1. The quantitative estimate of drug-likeness (QED) is 0.520. The zero-order valence-corrected chi connectivity index (χ0v) is 18.3. The highest BCUT2D eigenvalue weighted by Gasteiger charge is 2.42. The van der Waals surface area contributed by atoms with Crippen LogP contribution in [0.15, 0.2) is 54.1 Å². The molecule has 0 bridgehead atoms. The Kier molecular flexibility index (Phi) is 6.20. The van der Waals surface area contributed by atoms with Gasteiger partial charge in [0.1, 0.15) is 5.82 Å². The monoisotopic (exact) mass is 503 g/mol. The molecule has 182 valence electrons. The number of hydrogen-bond donors (Lipinski definition) is 1. The van der Waals surface area contributed by atoms with Crippen LogP contribution in [0.5, 0.6) is 5.75 Å². The first-order valence-corrected chi connectivity index (χ1v) is 11.3. The van der Waals surface area contributed by atoms with E-state index in [4.69, 9.17) is 0 Å². The van der Waals surface area contributed by atoms with Crippen molar-refractivity contribution in [2.45, 2.75) is 23.3 Å². The highest BCUT2D eigenvalue weighted by molar-refractivity contribution is 7.89. The van der Waals surface area contributed by atoms with Gasteiger partial charge in [0.2, 0.25) is 0 Å². The van der Waals surface area contributed by atoms with Gasteiger partial charge < -0.3 is 14.6 Å². The molecule has 1 aliphatic rings. The van der Waals surface area contributed by atoms with E-state index >= 15 is 0 Å². The second-order valence-electron chi connectivity index (χ2n) is 7.62. The van der Waals surface area contributed by atoms with Crippen LogP contribution in [-0.4, -0.2) is 52.8 Å². The molecule has 0 amide bonds. The molecule has 1 N–H and O–H groups in total. The molecule has 0 unspecified atom stereocenters. The molecule has 0 radical (unpaired) electrons. The average molecular weight is 503 g/mol. The summed E-state index contributed by atoms with van der Waals surface area (Å²) in [6.07, 6.45) is -1.14. The second kappa shape index (κ2) is 8.83. The van der Waals surface area contributed by atoms with Crippen LogP contribution in [0.25, 0.3) is 0 Å². The van der Waals surface area contributed by atoms with Gasteiger partial charge in [-0.05, 0) is 24.3 Å². The van der Waals surface area contributed by atoms with Crippen LogP contribution in [0.2, 0.25) is 0 Å². The first-order chi connectivity index (χ1) is 15.9. The minimum Gasteiger partial charge on any atom is -0.403 e. The summed E-state index contributed by atoms with van der Waals surface area (Å²) in [5.74, 6) is -3.77. The van der Waals surface area contributed by atoms with E-state index in [-0.39, 0.29) is 29.5 Å². The van der Waals surface area contributed by atoms with Crippen LogP contribution in [-0.2, 0) is 17.1 Å². The van der Waals surface area contributed by atoms with Gasteiger partial charge in [0.25, 0.3) is 10.0 Å². The summed E-state index contributed by atoms with van der Waals surface area (Å²) in [4.78, 5) is 7.91. The number of imidazole rings is 1. The molecule has 1 aliphatic heterocycles. The normalized spacial score (nSPS) is 19.4. The molecule has 3 heterocycles. The van der Waals surface area contributed by atoms with Crippen molar-refractivity contribution in [3.63, 3.8) is 0 Å². The van der Waals surface area contributed by atoms with Crippen molar-refractivity contribution in [3.05, 3.63) is 66.4 Å². The summed E-state index contributed by atoms with van der Waals surface area (Å²) in [5.41, 5.74) is -0.00308. The summed E-state index contributed by atoms with van der Waals surface area (Å²) in [6.45, 7) is -0.343. The lowest BCUT2D eigenvalue weighted by Gasteiger charge is -2.21. The highest BCUT2D eigenvalue weighted by Crippen LogP contribution is 2.35. The third-order valence-electron chi connectivity index (χ3n) is 5.22. The minimum atomic E-state index is -5.11. The van der Waals surface area contributed by atoms with E-state index < -0.39 is 45.7 Å². The van der Waals surface area contributed by atoms with Crippen molar-refractivity contribution in [1.82, 2.24) is 18.8 Å². The number of ether oxygens (including phenoxy) is 1. The van der Waals surface area contributed by atoms with Crippen molar-refractivity contribution in [1.29, 1.82) is 0 Å². The molecule has 2 aromatic heterocycles. The van der Waals surface area contributed by atoms with Gasteiger partial charge in [-0.3, -0.25) is 4.98 Å². The van der Waals surface area contributed by atoms with E-state index in [0.717, 1.165) is 16.4 Å². The lowest BCUT2D eigenvalue weighted by molar-refractivity contribution is -0.275. The van der Waals surface area contributed by atoms with Crippen molar-refractivity contribution in [3.8, 4) is 5.75 Å². The fourth-order valence-electron chi connectivity index (χ4n) is 3.72. The van der Waals surface area contributed by atoms with Crippen molar-refractivity contribution >= 4 is 15.7 Å². The van der Waals surface area contributed by atoms with E-state index in [1.807, 2.05) is 0 Å². The Morgan fingerprint density at radius 1 is 1.12 bits per heavy atom. The maximum Gasteiger partial charge on any atom is 0.573 e. The number of aromatic nitrogens is 3. The highest BCUT2D eigenvalue weighted by atomic mass is 32.2. The van der Waals surface area contributed by atoms with E-state index in [9.17, 15) is 30.4 Å². The molecule has 0 aliphatic carbocycles. The largest absolute Gasteiger partial charge is 0.573 e. The van der Waals surface area contributed by atoms with Gasteiger partial charge in [-0.25, -0.2) is 22.2 Å². The number of sulfonamides is 1. The van der Waals surface area contributed by atoms with Crippen LogP contribution < -0.4 is 10.1 Å². The van der Waals surface area contributed by atoms with Gasteiger partial charge in [0, 0.05) is 56.2 Å². The number of nitrogens with zero attached hydrogens (tertiary/aromatic N) is 4. The first-order valence-electron chi connectivity index (χ1n) is 9.84. The number of alkyl halides is 3. The minimum absolute atomic E-state index is 0.0177. The molecular formula is C20H18F5N5O3S. The molecule has 0 saturated carbocycles. The van der Waals surface area contributed by atoms with Crippen molar-refractivity contribution < 1.29 is 35.1 Å². The van der Waals surface area contributed by atoms with Gasteiger partial charge in [-0.15, -0.1) is 13.2 Å². The van der Waals surface area contributed by atoms with Gasteiger partial charge in [0.05, 0.1) is 12.0 Å². The summed E-state index contributed by atoms with van der Waals surface area (Å²) in [5, 5.41) is 2.67. The van der Waals surface area contributed by atoms with E-state index in [1.54, 1.807) is 7.05 Å². The Morgan fingerprint density at radius 2 is 1.88 bits per heavy atom. The zero-order chi connectivity index (χ0) is 24.7. The number of benzene rings is 1. The van der Waals surface area contributed by atoms with Crippen LogP contribution >= 0.6 is 0 Å². The summed E-state index contributed by atoms with van der Waals surface area (Å²) >= 11 is 0. The molecule has 8 nitrogen and oxygen atoms in total. The molecule has 14 heteroatoms. The third-order valence-corrected chi connectivity index (χ3v) is 6.94. The Morgan fingerprint density at radius 3 is 2.53 bits per heavy atom. The molecule has 1 saturated heterocycles. The van der Waals surface area contributed by atoms with E-state index in [0.29, 0.717) is 0 Å². The van der Waals surface area contributed by atoms with E-state index in [1.165, 1.54) is 41.5 Å². The smallest absolute Gasteiger partial charge is 0.403 e. The molecule has 2 atom stereocenters. The SMILES string of the molecule is Cn1cnc(S(=O)(=O)N2C[C@H](Nc3ccc(F)c(OC(F)(F)F)c3)[C@@H](c3ncccc3F)C2)c1. The standard InChI is InChI=1S/C20H18F5N5O3S/c1-29-10-18(27-11-29)34(31,32)30-8-13(19-15(22)3-2-6-26-19)16(9-30)28-12-4-5-14(21)17(7-12)33-20(23,24)25/h2-7,10-11,13,16,28H,8-9H2,1H3/t13-,16-/m0/s1. The predicted octanol–water partition coefficient (Wildman–Crippen LogP) is 3.26. The maximum atomic E-state index is 14.5. The van der Waals surface area contributed by atoms with Crippen molar-refractivity contribution in [2.75, 3.05) is 18.4 Å². The lowest BCUT2D eigenvalue weighted by atomic mass is 9.98. The van der Waals surface area contributed by atoms with Crippen molar-refractivity contribution in [2.24, 2.45) is 7.05 Å². The summed E-state index contributed by atoms with van der Waals surface area (Å²) < 4.78 is 98.5. The predicted molar refractivity (Wildman–Crippen MR) is 109 cm³/mol. The van der Waals surface area contributed by atoms with Crippen LogP contribution in [0, 0.1) is 11.6 Å².